The molecule has 8 heteroatoms. The van der Waals surface area contributed by atoms with E-state index in [1.54, 1.807) is 32.1 Å². The van der Waals surface area contributed by atoms with Crippen molar-refractivity contribution in [2.45, 2.75) is 71.3 Å². The highest BCUT2D eigenvalue weighted by Gasteiger charge is 2.77. The number of aliphatic hydroxyl groups excluding tert-OH is 1. The number of benzene rings is 1. The van der Waals surface area contributed by atoms with Crippen molar-refractivity contribution in [1.29, 1.82) is 0 Å². The number of carbonyl (C=O) groups excluding carboxylic acids is 2. The Morgan fingerprint density at radius 2 is 1.92 bits per heavy atom. The summed E-state index contributed by atoms with van der Waals surface area (Å²) in [5.41, 5.74) is -2.55. The maximum absolute atomic E-state index is 13.3. The molecule has 10 unspecified atom stereocenters. The molecule has 0 amide bonds. The number of fused-ring (bicyclic) bond motifs is 3. The van der Waals surface area contributed by atoms with Gasteiger partial charge in [0.2, 0.25) is 0 Å². The van der Waals surface area contributed by atoms with Gasteiger partial charge in [-0.25, -0.2) is 4.79 Å². The number of phenols is 1. The zero-order valence-electron chi connectivity index (χ0n) is 21.3. The number of carbonyl (C=O) groups is 2. The summed E-state index contributed by atoms with van der Waals surface area (Å²) in [6.45, 7) is 9.63. The first-order chi connectivity index (χ1) is 16.9. The summed E-state index contributed by atoms with van der Waals surface area (Å²) >= 11 is 0. The van der Waals surface area contributed by atoms with Gasteiger partial charge < -0.3 is 24.9 Å². The van der Waals surface area contributed by atoms with E-state index in [9.17, 15) is 29.8 Å². The van der Waals surface area contributed by atoms with Crippen molar-refractivity contribution in [3.05, 3.63) is 45.9 Å². The topological polar surface area (TPSA) is 133 Å². The van der Waals surface area contributed by atoms with Crippen molar-refractivity contribution >= 4 is 12.3 Å². The van der Waals surface area contributed by atoms with Crippen LogP contribution in [-0.2, 0) is 9.53 Å². The fourth-order valence-corrected chi connectivity index (χ4v) is 8.52. The van der Waals surface area contributed by atoms with Crippen LogP contribution in [0.1, 0.15) is 56.5 Å². The maximum atomic E-state index is 13.3. The average Bonchev–Trinajstić information content (AvgIpc) is 3.31. The molecule has 0 aromatic heterocycles. The van der Waals surface area contributed by atoms with Gasteiger partial charge in [-0.05, 0) is 73.0 Å². The van der Waals surface area contributed by atoms with E-state index in [0.717, 1.165) is 0 Å². The Kier molecular flexibility index (Phi) is 5.54. The lowest BCUT2D eigenvalue weighted by Crippen LogP contribution is -2.66. The molecule has 5 rings (SSSR count). The molecule has 1 aromatic carbocycles. The van der Waals surface area contributed by atoms with Crippen LogP contribution in [-0.4, -0.2) is 51.4 Å². The van der Waals surface area contributed by atoms with Crippen LogP contribution in [0.25, 0.3) is 0 Å². The molecule has 36 heavy (non-hydrogen) atoms. The molecule has 194 valence electrons. The second-order valence-electron chi connectivity index (χ2n) is 12.2. The van der Waals surface area contributed by atoms with Crippen LogP contribution < -0.4 is 0 Å². The van der Waals surface area contributed by atoms with Gasteiger partial charge >= 0.3 is 5.97 Å². The minimum absolute atomic E-state index is 0.0207. The molecule has 1 spiro atoms. The number of phenolic OH excluding ortho intramolecular Hbond substituents is 1. The Bertz CT molecular complexity index is 1140. The predicted molar refractivity (Wildman–Crippen MR) is 131 cm³/mol. The van der Waals surface area contributed by atoms with Crippen LogP contribution in [0, 0.1) is 52.3 Å². The molecule has 3 fully saturated rings. The van der Waals surface area contributed by atoms with Gasteiger partial charge in [-0.1, -0.05) is 44.2 Å². The van der Waals surface area contributed by atoms with Gasteiger partial charge in [0, 0.05) is 5.92 Å². The number of aldehydes is 1. The average molecular weight is 498 g/mol. The quantitative estimate of drug-likeness (QED) is 0.251. The lowest BCUT2D eigenvalue weighted by atomic mass is 9.58. The standard InChI is InChI=1S/C28H35NO7/c1-13-7-6-8-19(31)20(13)25(33)36-24-14(2)11-27-15(3)9-18-21(26(18,4)5)17(23(27)32)10-16(12-30)22(29-35)28(24,27)34/h6-8,11-12,15-18,21-24,31-32,34H,9-10H2,1-5H3. The van der Waals surface area contributed by atoms with Gasteiger partial charge in [-0.3, -0.25) is 0 Å². The summed E-state index contributed by atoms with van der Waals surface area (Å²) in [7, 11) is 0. The number of hydrogen-bond donors (Lipinski definition) is 3. The van der Waals surface area contributed by atoms with Crippen LogP contribution in [0.4, 0.5) is 0 Å². The predicted octanol–water partition coefficient (Wildman–Crippen LogP) is 3.55. The number of ether oxygens (including phenoxy) is 1. The third kappa shape index (κ3) is 2.94. The van der Waals surface area contributed by atoms with E-state index in [4.69, 9.17) is 4.74 Å². The highest BCUT2D eigenvalue weighted by Crippen LogP contribution is 2.73. The molecular weight excluding hydrogens is 462 g/mol. The van der Waals surface area contributed by atoms with Gasteiger partial charge in [0.15, 0.2) is 6.10 Å². The minimum Gasteiger partial charge on any atom is -0.507 e. The number of esters is 1. The Labute approximate surface area is 210 Å². The Hall–Kier alpha value is -2.58. The monoisotopic (exact) mass is 497 g/mol. The fourth-order valence-electron chi connectivity index (χ4n) is 8.52. The summed E-state index contributed by atoms with van der Waals surface area (Å²) in [5.74, 6) is -2.21. The highest BCUT2D eigenvalue weighted by atomic mass is 16.6. The normalized spacial score (nSPS) is 44.2. The smallest absolute Gasteiger partial charge is 0.342 e. The molecule has 0 radical (unpaired) electrons. The third-order valence-corrected chi connectivity index (χ3v) is 10.3. The first-order valence-corrected chi connectivity index (χ1v) is 12.7. The van der Waals surface area contributed by atoms with Gasteiger partial charge in [-0.2, -0.15) is 4.91 Å². The molecule has 0 aliphatic heterocycles. The van der Waals surface area contributed by atoms with E-state index in [0.29, 0.717) is 29.8 Å². The van der Waals surface area contributed by atoms with Crippen molar-refractivity contribution < 1.29 is 29.6 Å². The van der Waals surface area contributed by atoms with E-state index >= 15 is 0 Å². The molecule has 3 N–H and O–H groups in total. The van der Waals surface area contributed by atoms with E-state index in [1.807, 2.05) is 6.92 Å². The SMILES string of the molecule is CC1=CC23C(C)CC4C(C(CC(C=O)C(N=O)C2(O)C1OC(=O)c1c(C)cccc1O)C3O)C4(C)C. The van der Waals surface area contributed by atoms with Crippen molar-refractivity contribution in [1.82, 2.24) is 0 Å². The second kappa shape index (κ2) is 7.96. The lowest BCUT2D eigenvalue weighted by molar-refractivity contribution is -0.189. The summed E-state index contributed by atoms with van der Waals surface area (Å²) < 4.78 is 5.88. The number of aromatic hydroxyl groups is 1. The summed E-state index contributed by atoms with van der Waals surface area (Å²) in [5, 5.41) is 38.3. The molecule has 4 aliphatic carbocycles. The van der Waals surface area contributed by atoms with Crippen molar-refractivity contribution in [3.63, 3.8) is 0 Å². The van der Waals surface area contributed by atoms with Gasteiger partial charge in [-0.15, -0.1) is 0 Å². The van der Waals surface area contributed by atoms with Gasteiger partial charge in [0.25, 0.3) is 0 Å². The summed E-state index contributed by atoms with van der Waals surface area (Å²) in [4.78, 5) is 38.0. The second-order valence-corrected chi connectivity index (χ2v) is 12.2. The highest BCUT2D eigenvalue weighted by molar-refractivity contribution is 5.94. The molecule has 10 atom stereocenters. The zero-order valence-corrected chi connectivity index (χ0v) is 21.3. The number of rotatable bonds is 4. The number of nitrogens with zero attached hydrogens (tertiary/aromatic N) is 1. The Morgan fingerprint density at radius 1 is 1.22 bits per heavy atom. The van der Waals surface area contributed by atoms with Crippen molar-refractivity contribution in [2.75, 3.05) is 0 Å². The molecule has 4 aliphatic rings. The fraction of sp³-hybridized carbons (Fsp3) is 0.643. The van der Waals surface area contributed by atoms with E-state index in [1.165, 1.54) is 6.07 Å². The molecule has 2 bridgehead atoms. The molecule has 8 nitrogen and oxygen atoms in total. The first-order valence-electron chi connectivity index (χ1n) is 12.7. The third-order valence-electron chi connectivity index (χ3n) is 10.3. The van der Waals surface area contributed by atoms with Crippen molar-refractivity contribution in [3.8, 4) is 5.75 Å². The number of aryl methyl sites for hydroxylation is 1. The Balaban J connectivity index is 1.66. The van der Waals surface area contributed by atoms with Crippen molar-refractivity contribution in [2.24, 2.45) is 45.6 Å². The molecule has 1 aromatic rings. The van der Waals surface area contributed by atoms with E-state index in [2.05, 4.69) is 19.0 Å². The Morgan fingerprint density at radius 3 is 2.53 bits per heavy atom. The summed E-state index contributed by atoms with van der Waals surface area (Å²) in [6.07, 6.45) is 0.980. The maximum Gasteiger partial charge on any atom is 0.342 e. The number of aliphatic hydroxyl groups is 2. The first kappa shape index (κ1) is 25.1. The largest absolute Gasteiger partial charge is 0.507 e. The van der Waals surface area contributed by atoms with Gasteiger partial charge in [0.1, 0.15) is 29.2 Å². The molecule has 0 saturated heterocycles. The summed E-state index contributed by atoms with van der Waals surface area (Å²) in [6, 6.07) is 3.21. The minimum atomic E-state index is -2.13. The van der Waals surface area contributed by atoms with Crippen LogP contribution >= 0.6 is 0 Å². The number of nitroso groups, excluding NO2 is 1. The molecule has 0 heterocycles. The van der Waals surface area contributed by atoms with E-state index < -0.39 is 41.2 Å². The molecular formula is C28H35NO7. The lowest BCUT2D eigenvalue weighted by Gasteiger charge is -2.51. The van der Waals surface area contributed by atoms with Gasteiger partial charge in [0.05, 0.1) is 11.5 Å². The van der Waals surface area contributed by atoms with Crippen LogP contribution in [0.15, 0.2) is 35.0 Å². The number of hydrogen-bond acceptors (Lipinski definition) is 8. The zero-order chi connectivity index (χ0) is 26.4. The molecule has 3 saturated carbocycles. The van der Waals surface area contributed by atoms with Crippen LogP contribution in [0.5, 0.6) is 5.75 Å². The van der Waals surface area contributed by atoms with Crippen LogP contribution in [0.2, 0.25) is 0 Å². The van der Waals surface area contributed by atoms with E-state index in [-0.39, 0.29) is 40.9 Å². The van der Waals surface area contributed by atoms with Crippen LogP contribution in [0.3, 0.4) is 0 Å².